The van der Waals surface area contributed by atoms with Gasteiger partial charge in [-0.1, -0.05) is 12.1 Å². The molecule has 4 heterocycles. The molecule has 9 rings (SSSR count). The molecular weight excluding hydrogens is 749 g/mol. The third-order valence-electron chi connectivity index (χ3n) is 9.40. The van der Waals surface area contributed by atoms with Gasteiger partial charge >= 0.3 is 53.9 Å². The molecule has 0 amide bonds. The molecule has 0 atom stereocenters. The first-order valence-corrected chi connectivity index (χ1v) is 16.3. The Morgan fingerprint density at radius 1 is 0.482 bits per heavy atom. The predicted octanol–water partition coefficient (Wildman–Crippen LogP) is 4.58. The molecule has 284 valence electrons. The fraction of sp³-hybridized carbons (Fsp3) is 0.158. The van der Waals surface area contributed by atoms with Crippen LogP contribution in [0.15, 0.2) is 72.8 Å². The number of esters is 8. The van der Waals surface area contributed by atoms with E-state index >= 15 is 0 Å². The Morgan fingerprint density at radius 3 is 1.27 bits per heavy atom. The second kappa shape index (κ2) is 13.5. The number of carbonyl (C=O) groups excluding carboxylic acids is 8. The Morgan fingerprint density at radius 2 is 0.857 bits per heavy atom. The topological polar surface area (TPSA) is 235 Å². The summed E-state index contributed by atoms with van der Waals surface area (Å²) in [5, 5.41) is 0. The molecule has 4 aromatic rings. The van der Waals surface area contributed by atoms with Gasteiger partial charge in [0.2, 0.25) is 0 Å². The van der Waals surface area contributed by atoms with Crippen LogP contribution in [0.3, 0.4) is 0 Å². The van der Waals surface area contributed by atoms with Crippen molar-refractivity contribution in [3.05, 3.63) is 106 Å². The number of nitrogen functional groups attached to an aromatic ring is 2. The number of rotatable bonds is 3. The van der Waals surface area contributed by atoms with E-state index in [0.29, 0.717) is 16.8 Å². The van der Waals surface area contributed by atoms with Crippen molar-refractivity contribution in [1.29, 1.82) is 0 Å². The Kier molecular flexibility index (Phi) is 8.90. The van der Waals surface area contributed by atoms with Crippen molar-refractivity contribution in [3.8, 4) is 22.6 Å². The Labute approximate surface area is 311 Å². The van der Waals surface area contributed by atoms with Crippen molar-refractivity contribution in [1.82, 2.24) is 0 Å². The molecule has 0 radical (unpaired) electrons. The van der Waals surface area contributed by atoms with E-state index in [4.69, 9.17) is 16.2 Å². The maximum absolute atomic E-state index is 13.0. The molecule has 56 heavy (non-hydrogen) atoms. The van der Waals surface area contributed by atoms with Crippen LogP contribution in [-0.2, 0) is 44.3 Å². The average Bonchev–Trinajstić information content (AvgIpc) is 3.72. The first kappa shape index (κ1) is 37.0. The fourth-order valence-electron chi connectivity index (χ4n) is 6.80. The van der Waals surface area contributed by atoms with Gasteiger partial charge in [0.05, 0.1) is 51.5 Å². The molecule has 0 bridgehead atoms. The Hall–Kier alpha value is -7.37. The van der Waals surface area contributed by atoms with Crippen molar-refractivity contribution in [2.45, 2.75) is 13.1 Å². The minimum atomic E-state index is -4.45. The molecule has 0 aromatic heterocycles. The van der Waals surface area contributed by atoms with Crippen molar-refractivity contribution in [3.63, 3.8) is 0 Å². The van der Waals surface area contributed by atoms with Gasteiger partial charge in [0.15, 0.2) is 0 Å². The smallest absolute Gasteiger partial charge is 0.417 e. The number of alkyl halides is 3. The molecule has 5 aliphatic rings. The lowest BCUT2D eigenvalue weighted by atomic mass is 9.59. The number of ether oxygens (including phenoxy) is 5. The summed E-state index contributed by atoms with van der Waals surface area (Å²) in [6.07, 6.45) is -4.45. The number of aryl methyl sites for hydroxylation is 1. The molecule has 1 saturated carbocycles. The Balaban J connectivity index is 0.000000132. The molecule has 2 saturated heterocycles. The second-order valence-electron chi connectivity index (χ2n) is 12.8. The molecule has 15 nitrogen and oxygen atoms in total. The molecule has 3 fully saturated rings. The van der Waals surface area contributed by atoms with Crippen LogP contribution < -0.4 is 16.2 Å². The van der Waals surface area contributed by atoms with Gasteiger partial charge in [-0.15, -0.1) is 0 Å². The van der Waals surface area contributed by atoms with Crippen LogP contribution in [-0.4, -0.2) is 47.8 Å². The second-order valence-corrected chi connectivity index (χ2v) is 12.8. The van der Waals surface area contributed by atoms with Gasteiger partial charge in [0.1, 0.15) is 11.5 Å². The van der Waals surface area contributed by atoms with E-state index in [1.807, 2.05) is 0 Å². The lowest BCUT2D eigenvalue weighted by molar-refractivity contribution is -0.158. The number of cyclic esters (lactones) is 8. The van der Waals surface area contributed by atoms with E-state index in [-0.39, 0.29) is 45.0 Å². The van der Waals surface area contributed by atoms with Crippen LogP contribution in [0, 0.1) is 30.6 Å². The van der Waals surface area contributed by atoms with Crippen molar-refractivity contribution >= 4 is 59.1 Å². The third-order valence-corrected chi connectivity index (χ3v) is 9.40. The van der Waals surface area contributed by atoms with Crippen LogP contribution >= 0.6 is 0 Å². The van der Waals surface area contributed by atoms with Crippen LogP contribution in [0.5, 0.6) is 11.5 Å². The quantitative estimate of drug-likeness (QED) is 0.126. The highest BCUT2D eigenvalue weighted by molar-refractivity contribution is 6.15. The van der Waals surface area contributed by atoms with Crippen LogP contribution in [0.1, 0.15) is 52.6 Å². The van der Waals surface area contributed by atoms with E-state index in [1.54, 1.807) is 25.1 Å². The molecule has 4 aromatic carbocycles. The zero-order valence-electron chi connectivity index (χ0n) is 28.3. The highest BCUT2D eigenvalue weighted by Crippen LogP contribution is 2.55. The maximum atomic E-state index is 13.0. The molecule has 1 aliphatic carbocycles. The van der Waals surface area contributed by atoms with Gasteiger partial charge in [-0.3, -0.25) is 19.2 Å². The van der Waals surface area contributed by atoms with Gasteiger partial charge in [-0.2, -0.15) is 13.2 Å². The largest absolute Gasteiger partial charge is 0.457 e. The summed E-state index contributed by atoms with van der Waals surface area (Å²) in [6, 6.07) is 17.2. The van der Waals surface area contributed by atoms with E-state index in [0.717, 1.165) is 6.07 Å². The minimum Gasteiger partial charge on any atom is -0.457 e. The molecule has 4 aliphatic heterocycles. The standard InChI is InChI=1S/C16H6O7.C14H13F3N2.C8H4O6/c17-13-9-3-1-7(5-11(9)15(19)22-13)21-8-2-4-10-12(6-8)16(20)23-14(10)18;1-8-6-9(18)2-4-11(8)12-5-3-10(19)7-13(12)14(15,16)17;9-5-1-2(6(10)13-5)4-3(1)7(11)14-8(4)12/h1-6H;2-7H,18-19H2,1H3;1-4H. The summed E-state index contributed by atoms with van der Waals surface area (Å²) in [5.41, 5.74) is 12.8. The first-order chi connectivity index (χ1) is 26.4. The molecule has 4 N–H and O–H groups in total. The van der Waals surface area contributed by atoms with Gasteiger partial charge in [0.25, 0.3) is 0 Å². The average molecular weight is 773 g/mol. The number of benzene rings is 4. The Bertz CT molecular complexity index is 2320. The van der Waals surface area contributed by atoms with E-state index in [1.165, 1.54) is 48.5 Å². The fourth-order valence-corrected chi connectivity index (χ4v) is 6.80. The highest BCUT2D eigenvalue weighted by atomic mass is 19.4. The van der Waals surface area contributed by atoms with Crippen molar-refractivity contribution in [2.24, 2.45) is 23.7 Å². The van der Waals surface area contributed by atoms with Gasteiger partial charge in [-0.05, 0) is 84.3 Å². The first-order valence-electron chi connectivity index (χ1n) is 16.3. The predicted molar refractivity (Wildman–Crippen MR) is 179 cm³/mol. The lowest BCUT2D eigenvalue weighted by Gasteiger charge is -2.33. The summed E-state index contributed by atoms with van der Waals surface area (Å²) >= 11 is 0. The van der Waals surface area contributed by atoms with Crippen LogP contribution in [0.25, 0.3) is 11.1 Å². The lowest BCUT2D eigenvalue weighted by Crippen LogP contribution is -2.50. The zero-order chi connectivity index (χ0) is 40.4. The third kappa shape index (κ3) is 6.46. The highest BCUT2D eigenvalue weighted by Gasteiger charge is 2.72. The number of nitrogens with two attached hydrogens (primary N) is 2. The summed E-state index contributed by atoms with van der Waals surface area (Å²) in [4.78, 5) is 90.1. The number of hydrogen-bond acceptors (Lipinski definition) is 15. The van der Waals surface area contributed by atoms with Crippen molar-refractivity contribution in [2.75, 3.05) is 11.5 Å². The summed E-state index contributed by atoms with van der Waals surface area (Å²) in [6.45, 7) is 1.72. The van der Waals surface area contributed by atoms with E-state index < -0.39 is 83.2 Å². The maximum Gasteiger partial charge on any atom is 0.417 e. The number of halogens is 3. The number of fused-ring (bicyclic) bond motifs is 6. The monoisotopic (exact) mass is 772 g/mol. The van der Waals surface area contributed by atoms with Crippen LogP contribution in [0.4, 0.5) is 24.5 Å². The van der Waals surface area contributed by atoms with E-state index in [9.17, 15) is 51.5 Å². The molecule has 0 unspecified atom stereocenters. The number of carbonyl (C=O) groups is 8. The molecule has 18 heteroatoms. The summed E-state index contributed by atoms with van der Waals surface area (Å²) in [7, 11) is 0. The number of hydrogen-bond donors (Lipinski definition) is 2. The summed E-state index contributed by atoms with van der Waals surface area (Å²) < 4.78 is 62.4. The molecule has 0 spiro atoms. The zero-order valence-corrected chi connectivity index (χ0v) is 28.3. The molecular formula is C38H23F3N2O13. The minimum absolute atomic E-state index is 0.0872. The van der Waals surface area contributed by atoms with E-state index in [2.05, 4.69) is 18.9 Å². The van der Waals surface area contributed by atoms with Gasteiger partial charge in [-0.25, -0.2) is 19.2 Å². The SMILES string of the molecule is Cc1cc(N)ccc1-c1ccc(N)cc1C(F)(F)F.O=C1OC(=O)C2C1C1C(=O)OC(=O)C21.O=C1OC(=O)c2cc(Oc3ccc4c(c3)C(=O)OC4=O)ccc21. The number of anilines is 2. The van der Waals surface area contributed by atoms with Crippen molar-refractivity contribution < 1.29 is 75.2 Å². The van der Waals surface area contributed by atoms with Crippen LogP contribution in [0.2, 0.25) is 0 Å². The normalized spacial score (nSPS) is 21.1. The van der Waals surface area contributed by atoms with Gasteiger partial charge in [0, 0.05) is 11.4 Å². The van der Waals surface area contributed by atoms with Gasteiger partial charge < -0.3 is 35.2 Å². The summed E-state index contributed by atoms with van der Waals surface area (Å²) in [5.74, 6) is -8.30.